The van der Waals surface area contributed by atoms with Gasteiger partial charge in [0.1, 0.15) is 0 Å². The maximum absolute atomic E-state index is 10.8. The van der Waals surface area contributed by atoms with Gasteiger partial charge in [0.25, 0.3) is 0 Å². The van der Waals surface area contributed by atoms with Gasteiger partial charge in [0.15, 0.2) is 5.79 Å². The first kappa shape index (κ1) is 11.7. The molecule has 0 amide bonds. The van der Waals surface area contributed by atoms with Crippen molar-refractivity contribution >= 4 is 0 Å². The lowest BCUT2D eigenvalue weighted by molar-refractivity contribution is -0.269. The van der Waals surface area contributed by atoms with Gasteiger partial charge in [-0.05, 0) is 31.1 Å². The van der Waals surface area contributed by atoms with Crippen LogP contribution in [0.5, 0.6) is 0 Å². The fraction of sp³-hybridized carbons (Fsp3) is 0.867. The predicted molar refractivity (Wildman–Crippen MR) is 67.4 cm³/mol. The van der Waals surface area contributed by atoms with Gasteiger partial charge in [0, 0.05) is 18.3 Å². The Hall–Kier alpha value is -0.340. The molecular formula is C15H24O2. The van der Waals surface area contributed by atoms with Gasteiger partial charge in [-0.2, -0.15) is 0 Å². The summed E-state index contributed by atoms with van der Waals surface area (Å²) < 4.78 is 6.25. The van der Waals surface area contributed by atoms with Crippen LogP contribution in [0.25, 0.3) is 0 Å². The Kier molecular flexibility index (Phi) is 2.32. The summed E-state index contributed by atoms with van der Waals surface area (Å²) in [6.45, 7) is 10.9. The van der Waals surface area contributed by atoms with Gasteiger partial charge >= 0.3 is 0 Å². The van der Waals surface area contributed by atoms with E-state index < -0.39 is 5.79 Å². The molecule has 1 aliphatic carbocycles. The third kappa shape index (κ3) is 1.34. The van der Waals surface area contributed by atoms with E-state index in [1.54, 1.807) is 0 Å². The SMILES string of the molecule is C=C1CC2(O)OC3(CC2C(C)C)C(C)CCC13. The van der Waals surface area contributed by atoms with Gasteiger partial charge < -0.3 is 9.84 Å². The molecule has 0 aromatic heterocycles. The smallest absolute Gasteiger partial charge is 0.173 e. The molecule has 0 radical (unpaired) electrons. The molecule has 0 aromatic carbocycles. The standard InChI is InChI=1S/C15H24O2/c1-9(2)13-8-14-11(4)5-6-12(14)10(3)7-15(13,16)17-14/h9,11-13,16H,3,5-8H2,1-2,4H3. The Balaban J connectivity index is 2.04. The second-order valence-electron chi connectivity index (χ2n) is 6.82. The minimum atomic E-state index is -0.930. The van der Waals surface area contributed by atoms with Crippen molar-refractivity contribution in [3.63, 3.8) is 0 Å². The first-order chi connectivity index (χ1) is 7.89. The molecule has 1 spiro atoms. The van der Waals surface area contributed by atoms with Crippen LogP contribution < -0.4 is 0 Å². The molecule has 5 atom stereocenters. The molecule has 2 heterocycles. The van der Waals surface area contributed by atoms with Crippen molar-refractivity contribution in [2.24, 2.45) is 23.7 Å². The maximum atomic E-state index is 10.8. The summed E-state index contributed by atoms with van der Waals surface area (Å²) in [6.07, 6.45) is 4.08. The average Bonchev–Trinajstić information content (AvgIpc) is 2.65. The van der Waals surface area contributed by atoms with Gasteiger partial charge in [-0.1, -0.05) is 32.9 Å². The Morgan fingerprint density at radius 2 is 2.12 bits per heavy atom. The highest BCUT2D eigenvalue weighted by Gasteiger charge is 2.66. The van der Waals surface area contributed by atoms with Crippen LogP contribution in [0, 0.1) is 23.7 Å². The molecule has 0 aromatic rings. The Morgan fingerprint density at radius 1 is 1.41 bits per heavy atom. The lowest BCUT2D eigenvalue weighted by Gasteiger charge is -2.43. The van der Waals surface area contributed by atoms with Gasteiger partial charge in [-0.15, -0.1) is 0 Å². The Labute approximate surface area is 104 Å². The van der Waals surface area contributed by atoms with Crippen molar-refractivity contribution < 1.29 is 9.84 Å². The van der Waals surface area contributed by atoms with Crippen molar-refractivity contribution in [3.8, 4) is 0 Å². The first-order valence-electron chi connectivity index (χ1n) is 6.99. The molecule has 3 aliphatic rings. The van der Waals surface area contributed by atoms with E-state index in [0.29, 0.717) is 24.2 Å². The maximum Gasteiger partial charge on any atom is 0.173 e. The van der Waals surface area contributed by atoms with E-state index in [4.69, 9.17) is 4.74 Å². The summed E-state index contributed by atoms with van der Waals surface area (Å²) in [5, 5.41) is 10.8. The van der Waals surface area contributed by atoms with Crippen molar-refractivity contribution in [1.82, 2.24) is 0 Å². The molecule has 5 unspecified atom stereocenters. The van der Waals surface area contributed by atoms with Crippen LogP contribution in [0.1, 0.15) is 46.5 Å². The number of fused-ring (bicyclic) bond motifs is 1. The molecule has 3 rings (SSSR count). The molecule has 1 saturated carbocycles. The zero-order valence-corrected chi connectivity index (χ0v) is 11.2. The van der Waals surface area contributed by atoms with Crippen LogP contribution >= 0.6 is 0 Å². The topological polar surface area (TPSA) is 29.5 Å². The zero-order chi connectivity index (χ0) is 12.4. The molecule has 17 heavy (non-hydrogen) atoms. The molecule has 1 N–H and O–H groups in total. The lowest BCUT2D eigenvalue weighted by Crippen LogP contribution is -2.48. The van der Waals surface area contributed by atoms with E-state index in [1.165, 1.54) is 18.4 Å². The summed E-state index contributed by atoms with van der Waals surface area (Å²) in [4.78, 5) is 0. The fourth-order valence-electron chi connectivity index (χ4n) is 4.64. The van der Waals surface area contributed by atoms with E-state index >= 15 is 0 Å². The van der Waals surface area contributed by atoms with E-state index in [-0.39, 0.29) is 11.5 Å². The summed E-state index contributed by atoms with van der Waals surface area (Å²) in [6, 6.07) is 0. The van der Waals surface area contributed by atoms with Crippen LogP contribution in [-0.4, -0.2) is 16.5 Å². The fourth-order valence-corrected chi connectivity index (χ4v) is 4.64. The Morgan fingerprint density at radius 3 is 2.76 bits per heavy atom. The average molecular weight is 236 g/mol. The highest BCUT2D eigenvalue weighted by atomic mass is 16.6. The molecule has 2 saturated heterocycles. The Bertz CT molecular complexity index is 362. The van der Waals surface area contributed by atoms with Gasteiger partial charge in [0.05, 0.1) is 5.60 Å². The lowest BCUT2D eigenvalue weighted by atomic mass is 9.77. The van der Waals surface area contributed by atoms with Crippen LogP contribution in [0.15, 0.2) is 12.2 Å². The third-order valence-corrected chi connectivity index (χ3v) is 5.58. The number of ether oxygens (including phenoxy) is 1. The minimum Gasteiger partial charge on any atom is -0.365 e. The van der Waals surface area contributed by atoms with Gasteiger partial charge in [-0.3, -0.25) is 0 Å². The molecule has 2 bridgehead atoms. The largest absolute Gasteiger partial charge is 0.365 e. The van der Waals surface area contributed by atoms with Gasteiger partial charge in [-0.25, -0.2) is 0 Å². The summed E-state index contributed by atoms with van der Waals surface area (Å²) in [7, 11) is 0. The number of aliphatic hydroxyl groups is 1. The number of hydrogen-bond acceptors (Lipinski definition) is 2. The normalized spacial score (nSPS) is 53.2. The third-order valence-electron chi connectivity index (χ3n) is 5.58. The number of rotatable bonds is 1. The summed E-state index contributed by atoms with van der Waals surface area (Å²) in [5.74, 6) is 0.852. The predicted octanol–water partition coefficient (Wildman–Crippen LogP) is 3.11. The van der Waals surface area contributed by atoms with Gasteiger partial charge in [0.2, 0.25) is 0 Å². The molecule has 2 heteroatoms. The molecule has 96 valence electrons. The zero-order valence-electron chi connectivity index (χ0n) is 11.2. The first-order valence-corrected chi connectivity index (χ1v) is 6.99. The van der Waals surface area contributed by atoms with Crippen LogP contribution in [0.4, 0.5) is 0 Å². The molecular weight excluding hydrogens is 212 g/mol. The minimum absolute atomic E-state index is 0.0982. The molecule has 2 nitrogen and oxygen atoms in total. The van der Waals surface area contributed by atoms with Crippen molar-refractivity contribution in [1.29, 1.82) is 0 Å². The second kappa shape index (κ2) is 3.36. The number of hydrogen-bond donors (Lipinski definition) is 1. The van der Waals surface area contributed by atoms with Crippen molar-refractivity contribution in [2.45, 2.75) is 57.8 Å². The van der Waals surface area contributed by atoms with Crippen molar-refractivity contribution in [2.75, 3.05) is 0 Å². The second-order valence-corrected chi connectivity index (χ2v) is 6.82. The molecule has 3 fully saturated rings. The van der Waals surface area contributed by atoms with Crippen molar-refractivity contribution in [3.05, 3.63) is 12.2 Å². The molecule has 2 aliphatic heterocycles. The van der Waals surface area contributed by atoms with Crippen LogP contribution in [0.3, 0.4) is 0 Å². The van der Waals surface area contributed by atoms with E-state index in [9.17, 15) is 5.11 Å². The van der Waals surface area contributed by atoms with Crippen LogP contribution in [-0.2, 0) is 4.74 Å². The van der Waals surface area contributed by atoms with E-state index in [2.05, 4.69) is 27.4 Å². The highest BCUT2D eigenvalue weighted by Crippen LogP contribution is 2.63. The summed E-state index contributed by atoms with van der Waals surface area (Å²) >= 11 is 0. The summed E-state index contributed by atoms with van der Waals surface area (Å²) in [5.41, 5.74) is 1.13. The quantitative estimate of drug-likeness (QED) is 0.709. The van der Waals surface area contributed by atoms with E-state index in [1.807, 2.05) is 0 Å². The highest BCUT2D eigenvalue weighted by molar-refractivity contribution is 5.24. The monoisotopic (exact) mass is 236 g/mol. The van der Waals surface area contributed by atoms with E-state index in [0.717, 1.165) is 6.42 Å². The van der Waals surface area contributed by atoms with Crippen LogP contribution in [0.2, 0.25) is 0 Å².